The number of nitrogens with zero attached hydrogens (tertiary/aromatic N) is 1. The minimum atomic E-state index is -4.57. The number of alkyl halides is 3. The highest BCUT2D eigenvalue weighted by Gasteiger charge is 2.37. The normalized spacial score (nSPS) is 22.4. The lowest BCUT2D eigenvalue weighted by atomic mass is 9.93. The van der Waals surface area contributed by atoms with E-state index in [-0.39, 0.29) is 42.5 Å². The molecule has 1 aliphatic carbocycles. The summed E-state index contributed by atoms with van der Waals surface area (Å²) in [4.78, 5) is 25.3. The number of amides is 2. The van der Waals surface area contributed by atoms with Crippen molar-refractivity contribution in [2.24, 2.45) is 0 Å². The predicted molar refractivity (Wildman–Crippen MR) is 109 cm³/mol. The number of halogens is 3. The van der Waals surface area contributed by atoms with Crippen LogP contribution in [0, 0.1) is 0 Å². The molecule has 2 fully saturated rings. The van der Waals surface area contributed by atoms with Crippen molar-refractivity contribution < 1.29 is 32.2 Å². The molecule has 2 aliphatic rings. The lowest BCUT2D eigenvalue weighted by Crippen LogP contribution is -2.43. The molecule has 1 aromatic carbocycles. The zero-order chi connectivity index (χ0) is 22.8. The maximum absolute atomic E-state index is 13.5. The highest BCUT2D eigenvalue weighted by molar-refractivity contribution is 5.96. The third kappa shape index (κ3) is 6.27. The molecule has 0 aromatic heterocycles. The van der Waals surface area contributed by atoms with Crippen molar-refractivity contribution in [2.75, 3.05) is 11.4 Å². The molecule has 6 nitrogen and oxygen atoms in total. The lowest BCUT2D eigenvalue weighted by Gasteiger charge is -2.31. The average Bonchev–Trinajstić information content (AvgIpc) is 3.05. The summed E-state index contributed by atoms with van der Waals surface area (Å²) in [7, 11) is 0. The van der Waals surface area contributed by atoms with E-state index in [0.29, 0.717) is 12.8 Å². The summed E-state index contributed by atoms with van der Waals surface area (Å²) in [5.74, 6) is -0.0347. The van der Waals surface area contributed by atoms with Gasteiger partial charge < -0.3 is 19.7 Å². The summed E-state index contributed by atoms with van der Waals surface area (Å²) in [6.45, 7) is 5.61. The fourth-order valence-electron chi connectivity index (χ4n) is 4.00. The molecule has 2 unspecified atom stereocenters. The first-order valence-electron chi connectivity index (χ1n) is 10.6. The van der Waals surface area contributed by atoms with E-state index in [1.165, 1.54) is 17.0 Å². The van der Waals surface area contributed by atoms with Crippen LogP contribution in [0.5, 0.6) is 5.75 Å². The molecule has 2 atom stereocenters. The van der Waals surface area contributed by atoms with Gasteiger partial charge >= 0.3 is 12.3 Å². The Morgan fingerprint density at radius 3 is 2.52 bits per heavy atom. The minimum Gasteiger partial charge on any atom is -0.490 e. The molecule has 1 N–H and O–H groups in total. The SMILES string of the molecule is CC(C)(C)OC(=O)NC1CCCC(Oc2ccc(C(F)(F)F)c(N3CCCC3=O)c2)C1. The second-order valence-electron chi connectivity index (χ2n) is 9.08. The molecule has 1 saturated carbocycles. The van der Waals surface area contributed by atoms with Crippen LogP contribution in [0.2, 0.25) is 0 Å². The van der Waals surface area contributed by atoms with Gasteiger partial charge in [0.15, 0.2) is 0 Å². The molecule has 172 valence electrons. The van der Waals surface area contributed by atoms with Gasteiger partial charge in [0.25, 0.3) is 0 Å². The van der Waals surface area contributed by atoms with E-state index in [4.69, 9.17) is 9.47 Å². The number of hydrogen-bond donors (Lipinski definition) is 1. The van der Waals surface area contributed by atoms with Gasteiger partial charge in [0.05, 0.1) is 11.3 Å². The summed E-state index contributed by atoms with van der Waals surface area (Å²) < 4.78 is 51.7. The lowest BCUT2D eigenvalue weighted by molar-refractivity contribution is -0.137. The van der Waals surface area contributed by atoms with E-state index in [2.05, 4.69) is 5.32 Å². The number of alkyl carbamates (subject to hydrolysis) is 1. The van der Waals surface area contributed by atoms with Crippen LogP contribution in [-0.2, 0) is 15.7 Å². The van der Waals surface area contributed by atoms with Crippen LogP contribution >= 0.6 is 0 Å². The number of carbonyl (C=O) groups is 2. The average molecular weight is 442 g/mol. The quantitative estimate of drug-likeness (QED) is 0.709. The Morgan fingerprint density at radius 2 is 1.90 bits per heavy atom. The van der Waals surface area contributed by atoms with Crippen LogP contribution in [0.25, 0.3) is 0 Å². The number of carbonyl (C=O) groups excluding carboxylic acids is 2. The maximum atomic E-state index is 13.5. The topological polar surface area (TPSA) is 67.9 Å². The first-order chi connectivity index (χ1) is 14.4. The Bertz CT molecular complexity index is 820. The van der Waals surface area contributed by atoms with E-state index in [0.717, 1.165) is 25.3 Å². The summed E-state index contributed by atoms with van der Waals surface area (Å²) in [5.41, 5.74) is -1.60. The number of anilines is 1. The first kappa shape index (κ1) is 23.2. The molecule has 0 bridgehead atoms. The number of rotatable bonds is 4. The van der Waals surface area contributed by atoms with Gasteiger partial charge in [-0.15, -0.1) is 0 Å². The van der Waals surface area contributed by atoms with Gasteiger partial charge in [-0.3, -0.25) is 4.79 Å². The van der Waals surface area contributed by atoms with E-state index in [1.807, 2.05) is 0 Å². The standard InChI is InChI=1S/C22H29F3N2O4/c1-21(2,3)31-20(29)26-14-6-4-7-15(12-14)30-16-9-10-17(22(23,24)25)18(13-16)27-11-5-8-19(27)28/h9-10,13-15H,4-8,11-12H2,1-3H3,(H,26,29). The zero-order valence-electron chi connectivity index (χ0n) is 18.1. The summed E-state index contributed by atoms with van der Waals surface area (Å²) in [6.07, 6.45) is -1.71. The Morgan fingerprint density at radius 1 is 1.16 bits per heavy atom. The fraction of sp³-hybridized carbons (Fsp3) is 0.636. The van der Waals surface area contributed by atoms with Crippen molar-refractivity contribution in [1.29, 1.82) is 0 Å². The third-order valence-electron chi connectivity index (χ3n) is 5.29. The largest absolute Gasteiger partial charge is 0.490 e. The van der Waals surface area contributed by atoms with Gasteiger partial charge in [-0.05, 0) is 58.6 Å². The monoisotopic (exact) mass is 442 g/mol. The number of nitrogens with one attached hydrogen (secondary N) is 1. The second kappa shape index (κ2) is 8.96. The molecule has 1 saturated heterocycles. The summed E-state index contributed by atoms with van der Waals surface area (Å²) in [5, 5.41) is 2.84. The summed E-state index contributed by atoms with van der Waals surface area (Å²) >= 11 is 0. The second-order valence-corrected chi connectivity index (χ2v) is 9.08. The van der Waals surface area contributed by atoms with Gasteiger partial charge in [-0.1, -0.05) is 0 Å². The van der Waals surface area contributed by atoms with Gasteiger partial charge in [0, 0.05) is 31.5 Å². The van der Waals surface area contributed by atoms with Crippen LogP contribution in [0.3, 0.4) is 0 Å². The Kier molecular flexibility index (Phi) is 6.71. The maximum Gasteiger partial charge on any atom is 0.418 e. The highest BCUT2D eigenvalue weighted by atomic mass is 19.4. The Balaban J connectivity index is 1.70. The van der Waals surface area contributed by atoms with E-state index in [9.17, 15) is 22.8 Å². The molecular formula is C22H29F3N2O4. The van der Waals surface area contributed by atoms with Crippen molar-refractivity contribution in [3.63, 3.8) is 0 Å². The van der Waals surface area contributed by atoms with E-state index < -0.39 is 23.4 Å². The van der Waals surface area contributed by atoms with Crippen molar-refractivity contribution in [3.8, 4) is 5.75 Å². The molecule has 1 aliphatic heterocycles. The minimum absolute atomic E-state index is 0.136. The Hall–Kier alpha value is -2.45. The smallest absolute Gasteiger partial charge is 0.418 e. The number of hydrogen-bond acceptors (Lipinski definition) is 4. The van der Waals surface area contributed by atoms with Gasteiger partial charge in [-0.25, -0.2) is 4.79 Å². The summed E-state index contributed by atoms with van der Waals surface area (Å²) in [6, 6.07) is 3.42. The molecule has 1 heterocycles. The molecule has 2 amide bonds. The van der Waals surface area contributed by atoms with Crippen LogP contribution in [0.15, 0.2) is 18.2 Å². The van der Waals surface area contributed by atoms with Crippen LogP contribution in [0.1, 0.15) is 64.9 Å². The highest BCUT2D eigenvalue weighted by Crippen LogP contribution is 2.40. The molecule has 3 rings (SSSR count). The number of ether oxygens (including phenoxy) is 2. The molecule has 9 heteroatoms. The van der Waals surface area contributed by atoms with Crippen molar-refractivity contribution in [2.45, 2.75) is 83.2 Å². The van der Waals surface area contributed by atoms with Gasteiger partial charge in [-0.2, -0.15) is 13.2 Å². The van der Waals surface area contributed by atoms with Crippen molar-refractivity contribution >= 4 is 17.7 Å². The predicted octanol–water partition coefficient (Wildman–Crippen LogP) is 5.05. The van der Waals surface area contributed by atoms with Crippen molar-refractivity contribution in [3.05, 3.63) is 23.8 Å². The molecule has 0 spiro atoms. The van der Waals surface area contributed by atoms with Gasteiger partial charge in [0.2, 0.25) is 5.91 Å². The molecule has 31 heavy (non-hydrogen) atoms. The van der Waals surface area contributed by atoms with Gasteiger partial charge in [0.1, 0.15) is 17.5 Å². The third-order valence-corrected chi connectivity index (χ3v) is 5.29. The van der Waals surface area contributed by atoms with E-state index >= 15 is 0 Å². The van der Waals surface area contributed by atoms with Crippen LogP contribution in [0.4, 0.5) is 23.7 Å². The zero-order valence-corrected chi connectivity index (χ0v) is 18.1. The first-order valence-corrected chi connectivity index (χ1v) is 10.6. The Labute approximate surface area is 180 Å². The van der Waals surface area contributed by atoms with E-state index in [1.54, 1.807) is 20.8 Å². The van der Waals surface area contributed by atoms with Crippen LogP contribution in [-0.4, -0.2) is 36.3 Å². The van der Waals surface area contributed by atoms with Crippen LogP contribution < -0.4 is 15.0 Å². The van der Waals surface area contributed by atoms with Crippen molar-refractivity contribution in [1.82, 2.24) is 5.32 Å². The molecule has 0 radical (unpaired) electrons. The molecule has 1 aromatic rings. The fourth-order valence-corrected chi connectivity index (χ4v) is 4.00. The molecular weight excluding hydrogens is 413 g/mol. The number of benzene rings is 1.